The molecular formula is C18H11Cl3N2O2. The van der Waals surface area contributed by atoms with Crippen LogP contribution in [0.5, 0.6) is 0 Å². The molecule has 1 heterocycles. The van der Waals surface area contributed by atoms with E-state index in [2.05, 4.69) is 6.07 Å². The normalized spacial score (nSPS) is 10.8. The number of rotatable bonds is 3. The summed E-state index contributed by atoms with van der Waals surface area (Å²) in [5.74, 6) is -1.11. The number of hydrogen-bond donors (Lipinski definition) is 1. The van der Waals surface area contributed by atoms with Crippen LogP contribution in [-0.4, -0.2) is 15.6 Å². The summed E-state index contributed by atoms with van der Waals surface area (Å²) >= 11 is 18.7. The van der Waals surface area contributed by atoms with Crippen molar-refractivity contribution >= 4 is 51.7 Å². The Morgan fingerprint density at radius 2 is 1.92 bits per heavy atom. The lowest BCUT2D eigenvalue weighted by Gasteiger charge is -2.10. The SMILES string of the molecule is Cn1c(Cc2c(Cl)ccc(C(=O)O)c2Cl)cc2c(Cl)cc(C#N)cc21. The van der Waals surface area contributed by atoms with Crippen molar-refractivity contribution in [1.82, 2.24) is 4.57 Å². The van der Waals surface area contributed by atoms with Crippen LogP contribution in [0.2, 0.25) is 15.1 Å². The minimum absolute atomic E-state index is 0.00429. The first-order valence-electron chi connectivity index (χ1n) is 7.21. The van der Waals surface area contributed by atoms with Crippen LogP contribution in [0.4, 0.5) is 0 Å². The first kappa shape index (κ1) is 17.6. The van der Waals surface area contributed by atoms with E-state index < -0.39 is 5.97 Å². The summed E-state index contributed by atoms with van der Waals surface area (Å²) in [6.07, 6.45) is 0.335. The molecule has 1 aromatic heterocycles. The predicted molar refractivity (Wildman–Crippen MR) is 98.9 cm³/mol. The zero-order valence-electron chi connectivity index (χ0n) is 13.0. The van der Waals surface area contributed by atoms with E-state index in [0.717, 1.165) is 16.6 Å². The van der Waals surface area contributed by atoms with E-state index >= 15 is 0 Å². The van der Waals surface area contributed by atoms with Crippen LogP contribution in [0.1, 0.15) is 27.2 Å². The van der Waals surface area contributed by atoms with E-state index in [9.17, 15) is 9.90 Å². The number of aromatic nitrogens is 1. The number of carbonyl (C=O) groups is 1. The molecule has 4 nitrogen and oxygen atoms in total. The highest BCUT2D eigenvalue weighted by molar-refractivity contribution is 6.38. The molecule has 0 amide bonds. The van der Waals surface area contributed by atoms with Crippen molar-refractivity contribution in [2.45, 2.75) is 6.42 Å². The zero-order chi connectivity index (χ0) is 18.3. The van der Waals surface area contributed by atoms with Crippen LogP contribution in [-0.2, 0) is 13.5 Å². The number of carboxylic acids is 1. The zero-order valence-corrected chi connectivity index (χ0v) is 15.2. The summed E-state index contributed by atoms with van der Waals surface area (Å²) in [7, 11) is 1.85. The number of aromatic carboxylic acids is 1. The van der Waals surface area contributed by atoms with Crippen molar-refractivity contribution in [2.24, 2.45) is 7.05 Å². The summed E-state index contributed by atoms with van der Waals surface area (Å²) in [5.41, 5.74) is 2.66. The fourth-order valence-electron chi connectivity index (χ4n) is 2.78. The van der Waals surface area contributed by atoms with Gasteiger partial charge in [-0.25, -0.2) is 4.79 Å². The number of nitriles is 1. The average Bonchev–Trinajstić information content (AvgIpc) is 2.88. The number of benzene rings is 2. The Morgan fingerprint density at radius 3 is 2.56 bits per heavy atom. The predicted octanol–water partition coefficient (Wildman–Crippen LogP) is 5.30. The lowest BCUT2D eigenvalue weighted by atomic mass is 10.1. The third-order valence-corrected chi connectivity index (χ3v) is 5.21. The summed E-state index contributed by atoms with van der Waals surface area (Å²) in [5, 5.41) is 20.1. The van der Waals surface area contributed by atoms with E-state index in [1.165, 1.54) is 12.1 Å². The van der Waals surface area contributed by atoms with E-state index in [-0.39, 0.29) is 10.6 Å². The molecule has 0 bridgehead atoms. The van der Waals surface area contributed by atoms with Crippen molar-refractivity contribution in [2.75, 3.05) is 0 Å². The van der Waals surface area contributed by atoms with Gasteiger partial charge in [-0.2, -0.15) is 5.26 Å². The maximum atomic E-state index is 11.3. The summed E-state index contributed by atoms with van der Waals surface area (Å²) in [4.78, 5) is 11.3. The Bertz CT molecular complexity index is 1060. The maximum Gasteiger partial charge on any atom is 0.337 e. The van der Waals surface area contributed by atoms with Crippen LogP contribution < -0.4 is 0 Å². The largest absolute Gasteiger partial charge is 0.478 e. The summed E-state index contributed by atoms with van der Waals surface area (Å²) in [6, 6.07) is 10.2. The molecule has 0 spiro atoms. The van der Waals surface area contributed by atoms with Crippen LogP contribution in [0, 0.1) is 11.3 Å². The molecule has 1 N–H and O–H groups in total. The Kier molecular flexibility index (Phi) is 4.66. The number of fused-ring (bicyclic) bond motifs is 1. The second-order valence-corrected chi connectivity index (χ2v) is 6.76. The van der Waals surface area contributed by atoms with Gasteiger partial charge in [-0.1, -0.05) is 34.8 Å². The van der Waals surface area contributed by atoms with Crippen LogP contribution >= 0.6 is 34.8 Å². The smallest absolute Gasteiger partial charge is 0.337 e. The Labute approximate surface area is 158 Å². The van der Waals surface area contributed by atoms with Crippen molar-refractivity contribution < 1.29 is 9.90 Å². The molecular weight excluding hydrogens is 383 g/mol. The van der Waals surface area contributed by atoms with E-state index in [4.69, 9.17) is 40.1 Å². The first-order valence-corrected chi connectivity index (χ1v) is 8.35. The third kappa shape index (κ3) is 3.07. The van der Waals surface area contributed by atoms with Crippen LogP contribution in [0.15, 0.2) is 30.3 Å². The molecule has 0 saturated heterocycles. The van der Waals surface area contributed by atoms with E-state index in [1.807, 2.05) is 17.7 Å². The fraction of sp³-hybridized carbons (Fsp3) is 0.111. The molecule has 7 heteroatoms. The Balaban J connectivity index is 2.15. The molecule has 25 heavy (non-hydrogen) atoms. The summed E-state index contributed by atoms with van der Waals surface area (Å²) in [6.45, 7) is 0. The second kappa shape index (κ2) is 6.61. The molecule has 3 rings (SSSR count). The molecule has 0 atom stereocenters. The van der Waals surface area contributed by atoms with Crippen molar-refractivity contribution in [1.29, 1.82) is 5.26 Å². The van der Waals surface area contributed by atoms with Crippen LogP contribution in [0.3, 0.4) is 0 Å². The highest BCUT2D eigenvalue weighted by Gasteiger charge is 2.18. The molecule has 2 aromatic carbocycles. The Hall–Kier alpha value is -2.19. The quantitative estimate of drug-likeness (QED) is 0.656. The molecule has 0 unspecified atom stereocenters. The average molecular weight is 394 g/mol. The molecule has 0 aliphatic rings. The third-order valence-electron chi connectivity index (χ3n) is 4.11. The van der Waals surface area contributed by atoms with Crippen molar-refractivity contribution in [3.63, 3.8) is 0 Å². The highest BCUT2D eigenvalue weighted by atomic mass is 35.5. The molecule has 3 aromatic rings. The standard InChI is InChI=1S/C18H11Cl3N2O2/c1-23-10(6-12-15(20)4-9(8-22)5-16(12)23)7-13-14(19)3-2-11(17(13)21)18(24)25/h2-6H,7H2,1H3,(H,24,25). The molecule has 0 saturated carbocycles. The first-order chi connectivity index (χ1) is 11.8. The fourth-order valence-corrected chi connectivity index (χ4v) is 3.64. The van der Waals surface area contributed by atoms with Crippen molar-refractivity contribution in [3.8, 4) is 6.07 Å². The van der Waals surface area contributed by atoms with Gasteiger partial charge in [0.2, 0.25) is 0 Å². The van der Waals surface area contributed by atoms with Gasteiger partial charge in [-0.05, 0) is 35.9 Å². The number of aryl methyl sites for hydroxylation is 1. The van der Waals surface area contributed by atoms with Gasteiger partial charge in [0.05, 0.1) is 32.8 Å². The van der Waals surface area contributed by atoms with E-state index in [0.29, 0.717) is 27.6 Å². The van der Waals surface area contributed by atoms with Gasteiger partial charge in [0.25, 0.3) is 0 Å². The summed E-state index contributed by atoms with van der Waals surface area (Å²) < 4.78 is 1.89. The number of halogens is 3. The van der Waals surface area contributed by atoms with Crippen molar-refractivity contribution in [3.05, 3.63) is 67.8 Å². The van der Waals surface area contributed by atoms with Gasteiger partial charge < -0.3 is 9.67 Å². The van der Waals surface area contributed by atoms with Crippen LogP contribution in [0.25, 0.3) is 10.9 Å². The van der Waals surface area contributed by atoms with Gasteiger partial charge in [0.1, 0.15) is 0 Å². The van der Waals surface area contributed by atoms with Gasteiger partial charge in [-0.15, -0.1) is 0 Å². The highest BCUT2D eigenvalue weighted by Crippen LogP contribution is 2.33. The van der Waals surface area contributed by atoms with Gasteiger partial charge in [-0.3, -0.25) is 0 Å². The number of hydrogen-bond acceptors (Lipinski definition) is 2. The molecule has 0 fully saturated rings. The number of nitrogens with zero attached hydrogens (tertiary/aromatic N) is 2. The minimum Gasteiger partial charge on any atom is -0.478 e. The molecule has 0 radical (unpaired) electrons. The lowest BCUT2D eigenvalue weighted by Crippen LogP contribution is -2.03. The van der Waals surface area contributed by atoms with Gasteiger partial charge >= 0.3 is 5.97 Å². The molecule has 126 valence electrons. The number of carboxylic acid groups (broad SMARTS) is 1. The van der Waals surface area contributed by atoms with Gasteiger partial charge in [0, 0.05) is 29.6 Å². The Morgan fingerprint density at radius 1 is 1.20 bits per heavy atom. The van der Waals surface area contributed by atoms with E-state index in [1.54, 1.807) is 12.1 Å². The maximum absolute atomic E-state index is 11.3. The minimum atomic E-state index is -1.11. The second-order valence-electron chi connectivity index (χ2n) is 5.57. The molecule has 0 aliphatic heterocycles. The topological polar surface area (TPSA) is 66.0 Å². The lowest BCUT2D eigenvalue weighted by molar-refractivity contribution is 0.0697. The monoisotopic (exact) mass is 392 g/mol. The molecule has 0 aliphatic carbocycles. The van der Waals surface area contributed by atoms with Gasteiger partial charge in [0.15, 0.2) is 0 Å².